The van der Waals surface area contributed by atoms with E-state index in [0.717, 1.165) is 29.8 Å². The van der Waals surface area contributed by atoms with Crippen LogP contribution in [0.4, 0.5) is 0 Å². The number of carbonyl (C=O) groups is 1. The monoisotopic (exact) mass is 478 g/mol. The van der Waals surface area contributed by atoms with Crippen molar-refractivity contribution in [1.82, 2.24) is 10.2 Å². The van der Waals surface area contributed by atoms with Crippen LogP contribution in [0.2, 0.25) is 5.02 Å². The van der Waals surface area contributed by atoms with Gasteiger partial charge in [-0.25, -0.2) is 0 Å². The molecule has 1 aliphatic rings. The summed E-state index contributed by atoms with van der Waals surface area (Å²) in [5, 5.41) is 4.44. The molecular formula is C28H31ClN2O3. The predicted octanol–water partition coefficient (Wildman–Crippen LogP) is 5.36. The quantitative estimate of drug-likeness (QED) is 0.473. The van der Waals surface area contributed by atoms with Crippen LogP contribution in [-0.4, -0.2) is 43.7 Å². The van der Waals surface area contributed by atoms with Crippen LogP contribution in [0.5, 0.6) is 11.5 Å². The van der Waals surface area contributed by atoms with Gasteiger partial charge in [-0.05, 0) is 48.6 Å². The number of methoxy groups -OCH3 is 2. The number of nitrogens with zero attached hydrogens (tertiary/aromatic N) is 1. The molecule has 0 spiro atoms. The molecule has 5 nitrogen and oxygen atoms in total. The highest BCUT2D eigenvalue weighted by molar-refractivity contribution is 6.31. The molecule has 178 valence electrons. The first-order chi connectivity index (χ1) is 16.6. The Kier molecular flexibility index (Phi) is 8.09. The highest BCUT2D eigenvalue weighted by Crippen LogP contribution is 2.28. The van der Waals surface area contributed by atoms with Crippen molar-refractivity contribution in [2.24, 2.45) is 0 Å². The second-order valence-electron chi connectivity index (χ2n) is 8.64. The number of rotatable bonds is 8. The Morgan fingerprint density at radius 3 is 2.35 bits per heavy atom. The second-order valence-corrected chi connectivity index (χ2v) is 9.04. The van der Waals surface area contributed by atoms with Gasteiger partial charge in [0.15, 0.2) is 0 Å². The number of hydrogen-bond acceptors (Lipinski definition) is 4. The van der Waals surface area contributed by atoms with E-state index in [2.05, 4.69) is 17.4 Å². The largest absolute Gasteiger partial charge is 0.497 e. The molecule has 1 heterocycles. The molecule has 6 heteroatoms. The summed E-state index contributed by atoms with van der Waals surface area (Å²) in [5.41, 5.74) is 2.89. The number of halogens is 1. The van der Waals surface area contributed by atoms with Crippen molar-refractivity contribution < 1.29 is 14.3 Å². The second kappa shape index (κ2) is 11.4. The summed E-state index contributed by atoms with van der Waals surface area (Å²) in [6, 6.07) is 24.0. The van der Waals surface area contributed by atoms with E-state index < -0.39 is 0 Å². The molecule has 0 unspecified atom stereocenters. The number of carbonyl (C=O) groups excluding carboxylic acids is 1. The number of ether oxygens (including phenoxy) is 2. The highest BCUT2D eigenvalue weighted by Gasteiger charge is 2.32. The van der Waals surface area contributed by atoms with Crippen LogP contribution in [0.3, 0.4) is 0 Å². The van der Waals surface area contributed by atoms with Gasteiger partial charge < -0.3 is 19.7 Å². The summed E-state index contributed by atoms with van der Waals surface area (Å²) in [7, 11) is 3.19. The number of benzene rings is 3. The Morgan fingerprint density at radius 2 is 1.68 bits per heavy atom. The summed E-state index contributed by atoms with van der Waals surface area (Å²) in [4.78, 5) is 15.7. The van der Waals surface area contributed by atoms with E-state index >= 15 is 0 Å². The zero-order chi connectivity index (χ0) is 23.9. The first-order valence-electron chi connectivity index (χ1n) is 11.6. The first-order valence-corrected chi connectivity index (χ1v) is 12.0. The number of hydrogen-bond donors (Lipinski definition) is 1. The lowest BCUT2D eigenvalue weighted by molar-refractivity contribution is 0.0575. The molecule has 1 saturated heterocycles. The van der Waals surface area contributed by atoms with E-state index in [9.17, 15) is 4.79 Å². The Morgan fingerprint density at radius 1 is 1.00 bits per heavy atom. The van der Waals surface area contributed by atoms with E-state index in [0.29, 0.717) is 36.2 Å². The lowest BCUT2D eigenvalue weighted by Crippen LogP contribution is -2.51. The molecule has 3 aromatic rings. The molecule has 0 aliphatic carbocycles. The summed E-state index contributed by atoms with van der Waals surface area (Å²) >= 11 is 6.35. The van der Waals surface area contributed by atoms with Crippen LogP contribution in [0.15, 0.2) is 72.8 Å². The average molecular weight is 479 g/mol. The minimum absolute atomic E-state index is 0.00249. The molecule has 1 aliphatic heterocycles. The molecule has 2 atom stereocenters. The maximum Gasteiger partial charge on any atom is 0.254 e. The Bertz CT molecular complexity index is 1080. The average Bonchev–Trinajstić information content (AvgIpc) is 2.88. The van der Waals surface area contributed by atoms with Gasteiger partial charge in [-0.1, -0.05) is 60.1 Å². The molecule has 1 amide bonds. The van der Waals surface area contributed by atoms with Gasteiger partial charge in [0.2, 0.25) is 0 Å². The molecule has 4 rings (SSSR count). The van der Waals surface area contributed by atoms with Crippen molar-refractivity contribution in [3.05, 3.63) is 94.5 Å². The zero-order valence-corrected chi connectivity index (χ0v) is 20.4. The van der Waals surface area contributed by atoms with Gasteiger partial charge >= 0.3 is 0 Å². The molecule has 34 heavy (non-hydrogen) atoms. The Hall–Kier alpha value is -3.02. The number of nitrogens with one attached hydrogen (secondary N) is 1. The van der Waals surface area contributed by atoms with Crippen LogP contribution in [-0.2, 0) is 13.0 Å². The van der Waals surface area contributed by atoms with E-state index in [1.165, 1.54) is 5.56 Å². The van der Waals surface area contributed by atoms with Crippen molar-refractivity contribution in [2.75, 3.05) is 20.8 Å². The van der Waals surface area contributed by atoms with Gasteiger partial charge in [-0.3, -0.25) is 4.79 Å². The standard InChI is InChI=1S/C28H31ClN2O3/c1-33-25-15-22(16-26(18-25)34-2)28(32)31-13-12-23(30-19-21-10-6-7-11-27(21)29)17-24(31)14-20-8-4-3-5-9-20/h3-11,15-16,18,23-24,30H,12-14,17,19H2,1-2H3/t23-,24+/m0/s1. The molecule has 3 aromatic carbocycles. The van der Waals surface area contributed by atoms with Crippen molar-refractivity contribution in [2.45, 2.75) is 37.9 Å². The smallest absolute Gasteiger partial charge is 0.254 e. The van der Waals surface area contributed by atoms with Crippen LogP contribution in [0.1, 0.15) is 34.3 Å². The van der Waals surface area contributed by atoms with Crippen molar-refractivity contribution in [3.63, 3.8) is 0 Å². The van der Waals surface area contributed by atoms with Crippen molar-refractivity contribution in [3.8, 4) is 11.5 Å². The molecule has 1 fully saturated rings. The Labute approximate surface area is 206 Å². The molecule has 0 bridgehead atoms. The van der Waals surface area contributed by atoms with Gasteiger partial charge in [0.05, 0.1) is 14.2 Å². The lowest BCUT2D eigenvalue weighted by Gasteiger charge is -2.40. The number of piperidine rings is 1. The van der Waals surface area contributed by atoms with Gasteiger partial charge in [0, 0.05) is 41.8 Å². The minimum Gasteiger partial charge on any atom is -0.497 e. The number of amides is 1. The van der Waals surface area contributed by atoms with E-state index in [1.807, 2.05) is 47.4 Å². The minimum atomic E-state index is 0.00249. The van der Waals surface area contributed by atoms with Gasteiger partial charge in [0.25, 0.3) is 5.91 Å². The van der Waals surface area contributed by atoms with Crippen LogP contribution < -0.4 is 14.8 Å². The fraction of sp³-hybridized carbons (Fsp3) is 0.321. The maximum atomic E-state index is 13.6. The number of likely N-dealkylation sites (tertiary alicyclic amines) is 1. The summed E-state index contributed by atoms with van der Waals surface area (Å²) in [5.74, 6) is 1.22. The third-order valence-electron chi connectivity index (χ3n) is 6.43. The van der Waals surface area contributed by atoms with Gasteiger partial charge in [0.1, 0.15) is 11.5 Å². The van der Waals surface area contributed by atoms with E-state index in [1.54, 1.807) is 32.4 Å². The third-order valence-corrected chi connectivity index (χ3v) is 6.80. The molecule has 0 aromatic heterocycles. The van der Waals surface area contributed by atoms with Crippen molar-refractivity contribution >= 4 is 17.5 Å². The van der Waals surface area contributed by atoms with Crippen LogP contribution >= 0.6 is 11.6 Å². The lowest BCUT2D eigenvalue weighted by atomic mass is 9.91. The van der Waals surface area contributed by atoms with E-state index in [-0.39, 0.29) is 11.9 Å². The molecule has 0 radical (unpaired) electrons. The normalized spacial score (nSPS) is 17.9. The van der Waals surface area contributed by atoms with Gasteiger partial charge in [-0.2, -0.15) is 0 Å². The molecular weight excluding hydrogens is 448 g/mol. The summed E-state index contributed by atoms with van der Waals surface area (Å²) in [6.07, 6.45) is 2.55. The molecule has 0 saturated carbocycles. The molecule has 1 N–H and O–H groups in total. The zero-order valence-electron chi connectivity index (χ0n) is 19.7. The SMILES string of the molecule is COc1cc(OC)cc(C(=O)N2CC[C@H](NCc3ccccc3Cl)C[C@H]2Cc2ccccc2)c1. The maximum absolute atomic E-state index is 13.6. The topological polar surface area (TPSA) is 50.8 Å². The fourth-order valence-electron chi connectivity index (χ4n) is 4.58. The fourth-order valence-corrected chi connectivity index (χ4v) is 4.78. The third kappa shape index (κ3) is 5.91. The predicted molar refractivity (Wildman–Crippen MR) is 136 cm³/mol. The van der Waals surface area contributed by atoms with E-state index in [4.69, 9.17) is 21.1 Å². The van der Waals surface area contributed by atoms with Gasteiger partial charge in [-0.15, -0.1) is 0 Å². The van der Waals surface area contributed by atoms with Crippen LogP contribution in [0, 0.1) is 0 Å². The first kappa shape index (κ1) is 24.1. The summed E-state index contributed by atoms with van der Waals surface area (Å²) in [6.45, 7) is 1.39. The van der Waals surface area contributed by atoms with Crippen LogP contribution in [0.25, 0.3) is 0 Å². The Balaban J connectivity index is 1.53. The summed E-state index contributed by atoms with van der Waals surface area (Å²) < 4.78 is 10.8. The van der Waals surface area contributed by atoms with Crippen molar-refractivity contribution in [1.29, 1.82) is 0 Å². The highest BCUT2D eigenvalue weighted by atomic mass is 35.5.